The van der Waals surface area contributed by atoms with Gasteiger partial charge in [0.25, 0.3) is 0 Å². The van der Waals surface area contributed by atoms with E-state index in [1.54, 1.807) is 0 Å². The Bertz CT molecular complexity index is 63.7. The summed E-state index contributed by atoms with van der Waals surface area (Å²) in [5.74, 6) is 0. The van der Waals surface area contributed by atoms with Crippen LogP contribution in [-0.4, -0.2) is 4.58 Å². The van der Waals surface area contributed by atoms with Gasteiger partial charge in [-0.1, -0.05) is 0 Å². The first kappa shape index (κ1) is 6.19. The van der Waals surface area contributed by atoms with E-state index in [1.807, 2.05) is 6.07 Å². The van der Waals surface area contributed by atoms with Crippen LogP contribution < -0.4 is 0 Å². The third-order valence-corrected chi connectivity index (χ3v) is 0.639. The van der Waals surface area contributed by atoms with Gasteiger partial charge in [0.05, 0.1) is 17.1 Å². The molecule has 0 heterocycles. The average molecular weight is 119 g/mol. The molecule has 0 spiro atoms. The number of nitriles is 1. The Balaban J connectivity index is 2.88. The Morgan fingerprint density at radius 3 is 2.17 bits per heavy atom. The van der Waals surface area contributed by atoms with Crippen LogP contribution in [0, 0.1) is 11.3 Å². The van der Waals surface area contributed by atoms with Crippen molar-refractivity contribution in [3.63, 3.8) is 0 Å². The lowest BCUT2D eigenvalue weighted by atomic mass is 10.5. The fourth-order valence-corrected chi connectivity index (χ4v) is 0.245. The number of thiol groups is 2. The summed E-state index contributed by atoms with van der Waals surface area (Å²) in [7, 11) is 0. The van der Waals surface area contributed by atoms with Gasteiger partial charge in [-0.15, -0.1) is 0 Å². The first-order valence-corrected chi connectivity index (χ1v) is 2.53. The van der Waals surface area contributed by atoms with Crippen molar-refractivity contribution in [2.45, 2.75) is 11.0 Å². The van der Waals surface area contributed by atoms with E-state index in [-0.39, 0.29) is 4.58 Å². The topological polar surface area (TPSA) is 23.8 Å². The van der Waals surface area contributed by atoms with Crippen molar-refractivity contribution in [3.05, 3.63) is 0 Å². The molecule has 6 heavy (non-hydrogen) atoms. The van der Waals surface area contributed by atoms with E-state index in [2.05, 4.69) is 25.3 Å². The molecule has 0 aromatic carbocycles. The van der Waals surface area contributed by atoms with Gasteiger partial charge >= 0.3 is 0 Å². The molecule has 0 aromatic heterocycles. The molecule has 0 saturated carbocycles. The van der Waals surface area contributed by atoms with Crippen LogP contribution in [0.4, 0.5) is 0 Å². The first-order chi connectivity index (χ1) is 2.77. The van der Waals surface area contributed by atoms with Crippen LogP contribution >= 0.6 is 25.3 Å². The summed E-state index contributed by atoms with van der Waals surface area (Å²) >= 11 is 7.64. The summed E-state index contributed by atoms with van der Waals surface area (Å²) in [6.07, 6.45) is 0.409. The van der Waals surface area contributed by atoms with Gasteiger partial charge in [0.15, 0.2) is 0 Å². The van der Waals surface area contributed by atoms with Gasteiger partial charge in [-0.3, -0.25) is 0 Å². The zero-order chi connectivity index (χ0) is 4.99. The standard InChI is InChI=1S/C3H5NS2/c4-2-1-3(5)6/h3,5-6H,1H2. The van der Waals surface area contributed by atoms with E-state index in [0.29, 0.717) is 6.42 Å². The first-order valence-electron chi connectivity index (χ1n) is 1.50. The highest BCUT2D eigenvalue weighted by Gasteiger charge is 1.87. The predicted molar refractivity (Wildman–Crippen MR) is 32.0 cm³/mol. The molecular formula is C3H5NS2. The van der Waals surface area contributed by atoms with Gasteiger partial charge < -0.3 is 0 Å². The maximum absolute atomic E-state index is 7.89. The molecule has 3 heteroatoms. The molecule has 0 atom stereocenters. The molecule has 0 saturated heterocycles. The lowest BCUT2D eigenvalue weighted by molar-refractivity contribution is 1.20. The number of hydrogen-bond acceptors (Lipinski definition) is 3. The molecule has 1 nitrogen and oxygen atoms in total. The van der Waals surface area contributed by atoms with E-state index in [4.69, 9.17) is 5.26 Å². The number of nitrogens with zero attached hydrogens (tertiary/aromatic N) is 1. The minimum absolute atomic E-state index is 0.0741. The van der Waals surface area contributed by atoms with Crippen molar-refractivity contribution in [3.8, 4) is 6.07 Å². The molecule has 0 N–H and O–H groups in total. The van der Waals surface area contributed by atoms with Gasteiger partial charge in [0.1, 0.15) is 0 Å². The molecule has 0 amide bonds. The molecule has 0 aliphatic carbocycles. The molecule has 0 aliphatic heterocycles. The van der Waals surface area contributed by atoms with Gasteiger partial charge in [-0.05, 0) is 0 Å². The van der Waals surface area contributed by atoms with Crippen molar-refractivity contribution < 1.29 is 0 Å². The van der Waals surface area contributed by atoms with Crippen molar-refractivity contribution >= 4 is 25.3 Å². The van der Waals surface area contributed by atoms with E-state index in [0.717, 1.165) is 0 Å². The van der Waals surface area contributed by atoms with Crippen molar-refractivity contribution in [1.82, 2.24) is 0 Å². The third kappa shape index (κ3) is 4.19. The average Bonchev–Trinajstić information content (AvgIpc) is 1.35. The summed E-state index contributed by atoms with van der Waals surface area (Å²) < 4.78 is -0.0741. The molecular weight excluding hydrogens is 114 g/mol. The SMILES string of the molecule is N#CCC(S)S. The fourth-order valence-electron chi connectivity index (χ4n) is 0.0816. The number of hydrogen-bond donors (Lipinski definition) is 2. The second kappa shape index (κ2) is 3.38. The minimum atomic E-state index is -0.0741. The van der Waals surface area contributed by atoms with E-state index in [1.165, 1.54) is 0 Å². The Morgan fingerprint density at radius 2 is 2.17 bits per heavy atom. The normalized spacial score (nSPS) is 8.33. The molecule has 34 valence electrons. The lowest BCUT2D eigenvalue weighted by Crippen LogP contribution is -1.79. The lowest BCUT2D eigenvalue weighted by Gasteiger charge is -1.86. The number of rotatable bonds is 1. The van der Waals surface area contributed by atoms with Crippen LogP contribution in [0.5, 0.6) is 0 Å². The van der Waals surface area contributed by atoms with E-state index < -0.39 is 0 Å². The maximum atomic E-state index is 7.89. The minimum Gasteiger partial charge on any atom is -0.198 e. The predicted octanol–water partition coefficient (Wildman–Crippen LogP) is 1.09. The molecule has 0 aromatic rings. The summed E-state index contributed by atoms with van der Waals surface area (Å²) in [5, 5.41) is 7.89. The fraction of sp³-hybridized carbons (Fsp3) is 0.667. The molecule has 0 unspecified atom stereocenters. The van der Waals surface area contributed by atoms with Crippen LogP contribution in [0.1, 0.15) is 6.42 Å². The van der Waals surface area contributed by atoms with Gasteiger partial charge in [-0.25, -0.2) is 0 Å². The van der Waals surface area contributed by atoms with Crippen LogP contribution in [0.25, 0.3) is 0 Å². The second-order valence-corrected chi connectivity index (χ2v) is 2.50. The van der Waals surface area contributed by atoms with Gasteiger partial charge in [0, 0.05) is 0 Å². The van der Waals surface area contributed by atoms with Crippen LogP contribution in [0.3, 0.4) is 0 Å². The van der Waals surface area contributed by atoms with Crippen molar-refractivity contribution in [1.29, 1.82) is 5.26 Å². The Labute approximate surface area is 48.2 Å². The Hall–Kier alpha value is 0.190. The maximum Gasteiger partial charge on any atom is 0.0642 e. The van der Waals surface area contributed by atoms with Crippen LogP contribution in [0.15, 0.2) is 0 Å². The summed E-state index contributed by atoms with van der Waals surface area (Å²) in [5.41, 5.74) is 0. The molecule has 0 bridgehead atoms. The van der Waals surface area contributed by atoms with E-state index in [9.17, 15) is 0 Å². The highest BCUT2D eigenvalue weighted by atomic mass is 32.2. The third-order valence-electron chi connectivity index (χ3n) is 0.274. The van der Waals surface area contributed by atoms with Crippen LogP contribution in [-0.2, 0) is 0 Å². The molecule has 0 radical (unpaired) electrons. The molecule has 0 aliphatic rings. The smallest absolute Gasteiger partial charge is 0.0642 e. The van der Waals surface area contributed by atoms with Gasteiger partial charge in [0.2, 0.25) is 0 Å². The van der Waals surface area contributed by atoms with Gasteiger partial charge in [-0.2, -0.15) is 30.5 Å². The second-order valence-electron chi connectivity index (χ2n) is 0.843. The monoisotopic (exact) mass is 119 g/mol. The Morgan fingerprint density at radius 1 is 1.67 bits per heavy atom. The quantitative estimate of drug-likeness (QED) is 0.392. The molecule has 0 fully saturated rings. The van der Waals surface area contributed by atoms with Crippen molar-refractivity contribution in [2.24, 2.45) is 0 Å². The van der Waals surface area contributed by atoms with Crippen molar-refractivity contribution in [2.75, 3.05) is 0 Å². The van der Waals surface area contributed by atoms with E-state index >= 15 is 0 Å². The zero-order valence-corrected chi connectivity index (χ0v) is 4.91. The highest BCUT2D eigenvalue weighted by Crippen LogP contribution is 2.02. The molecule has 0 rings (SSSR count). The summed E-state index contributed by atoms with van der Waals surface area (Å²) in [4.78, 5) is 0. The highest BCUT2D eigenvalue weighted by molar-refractivity contribution is 7.99. The largest absolute Gasteiger partial charge is 0.198 e. The summed E-state index contributed by atoms with van der Waals surface area (Å²) in [6, 6.07) is 1.91. The Kier molecular flexibility index (Phi) is 3.49. The summed E-state index contributed by atoms with van der Waals surface area (Å²) in [6.45, 7) is 0. The van der Waals surface area contributed by atoms with Crippen LogP contribution in [0.2, 0.25) is 0 Å². The zero-order valence-electron chi connectivity index (χ0n) is 3.13.